The first-order chi connectivity index (χ1) is 14.5. The standard InChI is InChI=1S/C25H23NO4/c1-16-7-6-8-17(13-16)23(14-24(27)28)26-25(29)30-15-22-20-11-4-2-9-18(20)19-10-3-5-12-21(19)22/h2-13,22-23H,14-15H2,1H3,(H,26,29)(H,27,28)/t23-/m1/s1. The Hall–Kier alpha value is -3.60. The number of alkyl carbamates (subject to hydrolysis) is 1. The zero-order valence-electron chi connectivity index (χ0n) is 16.7. The summed E-state index contributed by atoms with van der Waals surface area (Å²) in [5, 5.41) is 12.0. The quantitative estimate of drug-likeness (QED) is 0.606. The normalized spacial score (nSPS) is 13.2. The van der Waals surface area contributed by atoms with Crippen molar-refractivity contribution in [2.24, 2.45) is 0 Å². The maximum Gasteiger partial charge on any atom is 0.407 e. The highest BCUT2D eigenvalue weighted by atomic mass is 16.5. The van der Waals surface area contributed by atoms with Crippen LogP contribution in [0.2, 0.25) is 0 Å². The SMILES string of the molecule is Cc1cccc([C@@H](CC(=O)O)NC(=O)OCC2c3ccccc3-c3ccccc32)c1. The Balaban J connectivity index is 1.48. The largest absolute Gasteiger partial charge is 0.481 e. The molecule has 1 aliphatic carbocycles. The molecule has 5 nitrogen and oxygen atoms in total. The van der Waals surface area contributed by atoms with Gasteiger partial charge in [0.1, 0.15) is 6.61 Å². The molecule has 1 atom stereocenters. The van der Waals surface area contributed by atoms with Gasteiger partial charge in [-0.1, -0.05) is 78.4 Å². The molecule has 152 valence electrons. The van der Waals surface area contributed by atoms with E-state index in [0.29, 0.717) is 0 Å². The molecule has 3 aromatic carbocycles. The van der Waals surface area contributed by atoms with E-state index in [9.17, 15) is 14.7 Å². The average Bonchev–Trinajstić information content (AvgIpc) is 3.05. The molecule has 0 aromatic heterocycles. The van der Waals surface area contributed by atoms with E-state index in [-0.39, 0.29) is 18.9 Å². The Morgan fingerprint density at radius 3 is 2.20 bits per heavy atom. The molecular weight excluding hydrogens is 378 g/mol. The van der Waals surface area contributed by atoms with Gasteiger partial charge in [0.15, 0.2) is 0 Å². The fourth-order valence-corrected chi connectivity index (χ4v) is 4.10. The Morgan fingerprint density at radius 2 is 1.60 bits per heavy atom. The third-order valence-corrected chi connectivity index (χ3v) is 5.46. The number of amides is 1. The summed E-state index contributed by atoms with van der Waals surface area (Å²) < 4.78 is 5.56. The first-order valence-corrected chi connectivity index (χ1v) is 9.93. The number of hydrogen-bond donors (Lipinski definition) is 2. The van der Waals surface area contributed by atoms with E-state index in [4.69, 9.17) is 4.74 Å². The maximum absolute atomic E-state index is 12.5. The number of nitrogens with one attached hydrogen (secondary N) is 1. The third kappa shape index (κ3) is 4.06. The van der Waals surface area contributed by atoms with Crippen LogP contribution in [0.25, 0.3) is 11.1 Å². The molecule has 0 bridgehead atoms. The summed E-state index contributed by atoms with van der Waals surface area (Å²) in [4.78, 5) is 23.8. The lowest BCUT2D eigenvalue weighted by molar-refractivity contribution is -0.137. The van der Waals surface area contributed by atoms with Gasteiger partial charge in [0.05, 0.1) is 12.5 Å². The van der Waals surface area contributed by atoms with E-state index in [1.165, 1.54) is 0 Å². The number of hydrogen-bond acceptors (Lipinski definition) is 3. The van der Waals surface area contributed by atoms with E-state index in [1.54, 1.807) is 0 Å². The highest BCUT2D eigenvalue weighted by Gasteiger charge is 2.29. The number of carboxylic acids is 1. The summed E-state index contributed by atoms with van der Waals surface area (Å²) in [6.45, 7) is 2.11. The van der Waals surface area contributed by atoms with Crippen LogP contribution in [0, 0.1) is 6.92 Å². The summed E-state index contributed by atoms with van der Waals surface area (Å²) in [6, 6.07) is 23.0. The van der Waals surface area contributed by atoms with Crippen LogP contribution in [-0.4, -0.2) is 23.8 Å². The molecule has 0 unspecified atom stereocenters. The van der Waals surface area contributed by atoms with Crippen molar-refractivity contribution >= 4 is 12.1 Å². The van der Waals surface area contributed by atoms with Gasteiger partial charge in [-0.15, -0.1) is 0 Å². The minimum absolute atomic E-state index is 0.0416. The Kier molecular flexibility index (Phi) is 5.53. The number of carbonyl (C=O) groups excluding carboxylic acids is 1. The average molecular weight is 401 g/mol. The number of rotatable bonds is 6. The van der Waals surface area contributed by atoms with Gasteiger partial charge in [0, 0.05) is 5.92 Å². The molecule has 4 rings (SSSR count). The van der Waals surface area contributed by atoms with E-state index in [1.807, 2.05) is 55.5 Å². The van der Waals surface area contributed by atoms with Gasteiger partial charge >= 0.3 is 12.1 Å². The zero-order chi connectivity index (χ0) is 21.1. The molecular formula is C25H23NO4. The smallest absolute Gasteiger partial charge is 0.407 e. The van der Waals surface area contributed by atoms with E-state index in [0.717, 1.165) is 33.4 Å². The predicted molar refractivity (Wildman–Crippen MR) is 114 cm³/mol. The van der Waals surface area contributed by atoms with Gasteiger partial charge in [-0.05, 0) is 34.7 Å². The summed E-state index contributed by atoms with van der Waals surface area (Å²) in [6.07, 6.45) is -0.835. The van der Waals surface area contributed by atoms with Crippen molar-refractivity contribution in [1.82, 2.24) is 5.32 Å². The Labute approximate surface area is 175 Å². The summed E-state index contributed by atoms with van der Waals surface area (Å²) in [7, 11) is 0. The van der Waals surface area contributed by atoms with Crippen molar-refractivity contribution in [2.75, 3.05) is 6.61 Å². The first-order valence-electron chi connectivity index (χ1n) is 9.93. The number of aryl methyl sites for hydroxylation is 1. The minimum atomic E-state index is -0.986. The van der Waals surface area contributed by atoms with Gasteiger partial charge in [-0.3, -0.25) is 4.79 Å². The van der Waals surface area contributed by atoms with Crippen LogP contribution in [0.5, 0.6) is 0 Å². The van der Waals surface area contributed by atoms with Crippen LogP contribution >= 0.6 is 0 Å². The summed E-state index contributed by atoms with van der Waals surface area (Å²) >= 11 is 0. The van der Waals surface area contributed by atoms with Crippen molar-refractivity contribution in [2.45, 2.75) is 25.3 Å². The lowest BCUT2D eigenvalue weighted by Crippen LogP contribution is -2.31. The number of carbonyl (C=O) groups is 2. The van der Waals surface area contributed by atoms with Crippen LogP contribution in [0.3, 0.4) is 0 Å². The van der Waals surface area contributed by atoms with E-state index < -0.39 is 18.1 Å². The highest BCUT2D eigenvalue weighted by molar-refractivity contribution is 5.79. The highest BCUT2D eigenvalue weighted by Crippen LogP contribution is 2.44. The van der Waals surface area contributed by atoms with Crippen molar-refractivity contribution in [3.8, 4) is 11.1 Å². The van der Waals surface area contributed by atoms with Gasteiger partial charge in [0.2, 0.25) is 0 Å². The minimum Gasteiger partial charge on any atom is -0.481 e. The van der Waals surface area contributed by atoms with Crippen molar-refractivity contribution in [3.63, 3.8) is 0 Å². The lowest BCUT2D eigenvalue weighted by Gasteiger charge is -2.19. The topological polar surface area (TPSA) is 75.6 Å². The van der Waals surface area contributed by atoms with Gasteiger partial charge in [-0.2, -0.15) is 0 Å². The molecule has 3 aromatic rings. The molecule has 1 aliphatic rings. The Bertz CT molecular complexity index is 1050. The summed E-state index contributed by atoms with van der Waals surface area (Å²) in [5.41, 5.74) is 6.32. The molecule has 30 heavy (non-hydrogen) atoms. The van der Waals surface area contributed by atoms with Crippen molar-refractivity contribution in [1.29, 1.82) is 0 Å². The van der Waals surface area contributed by atoms with E-state index in [2.05, 4.69) is 29.6 Å². The van der Waals surface area contributed by atoms with Gasteiger partial charge in [-0.25, -0.2) is 4.79 Å². The van der Waals surface area contributed by atoms with Gasteiger partial charge in [0.25, 0.3) is 0 Å². The number of benzene rings is 3. The molecule has 0 radical (unpaired) electrons. The fourth-order valence-electron chi connectivity index (χ4n) is 4.10. The lowest BCUT2D eigenvalue weighted by atomic mass is 9.98. The molecule has 2 N–H and O–H groups in total. The second-order valence-corrected chi connectivity index (χ2v) is 7.53. The fraction of sp³-hybridized carbons (Fsp3) is 0.200. The Morgan fingerprint density at radius 1 is 0.967 bits per heavy atom. The van der Waals surface area contributed by atoms with Crippen LogP contribution in [-0.2, 0) is 9.53 Å². The second-order valence-electron chi connectivity index (χ2n) is 7.53. The van der Waals surface area contributed by atoms with Crippen molar-refractivity contribution in [3.05, 3.63) is 95.1 Å². The number of aliphatic carboxylic acids is 1. The molecule has 0 fully saturated rings. The predicted octanol–water partition coefficient (Wildman–Crippen LogP) is 5.05. The molecule has 0 saturated carbocycles. The van der Waals surface area contributed by atoms with Crippen LogP contribution in [0.15, 0.2) is 72.8 Å². The molecule has 0 saturated heterocycles. The molecule has 1 amide bonds. The van der Waals surface area contributed by atoms with Crippen LogP contribution in [0.1, 0.15) is 40.6 Å². The van der Waals surface area contributed by atoms with Gasteiger partial charge < -0.3 is 15.2 Å². The molecule has 0 aliphatic heterocycles. The molecule has 0 heterocycles. The van der Waals surface area contributed by atoms with Crippen molar-refractivity contribution < 1.29 is 19.4 Å². The molecule has 5 heteroatoms. The maximum atomic E-state index is 12.5. The summed E-state index contributed by atoms with van der Waals surface area (Å²) in [5.74, 6) is -1.03. The number of carboxylic acid groups (broad SMARTS) is 1. The third-order valence-electron chi connectivity index (χ3n) is 5.46. The zero-order valence-corrected chi connectivity index (χ0v) is 16.7. The number of ether oxygens (including phenoxy) is 1. The first kappa shape index (κ1) is 19.7. The second kappa shape index (κ2) is 8.41. The molecule has 0 spiro atoms. The monoisotopic (exact) mass is 401 g/mol. The van der Waals surface area contributed by atoms with Crippen LogP contribution < -0.4 is 5.32 Å². The van der Waals surface area contributed by atoms with Crippen LogP contribution in [0.4, 0.5) is 4.79 Å². The number of fused-ring (bicyclic) bond motifs is 3. The van der Waals surface area contributed by atoms with E-state index >= 15 is 0 Å².